The van der Waals surface area contributed by atoms with E-state index in [-0.39, 0.29) is 54.4 Å². The first kappa shape index (κ1) is 28.4. The molecule has 1 amide bonds. The van der Waals surface area contributed by atoms with E-state index in [1.54, 1.807) is 9.80 Å². The van der Waals surface area contributed by atoms with Gasteiger partial charge in [-0.05, 0) is 18.2 Å². The Kier molecular flexibility index (Phi) is 7.44. The maximum Gasteiger partial charge on any atom is 0.434 e. The van der Waals surface area contributed by atoms with E-state index in [0.29, 0.717) is 31.0 Å². The average Bonchev–Trinajstić information content (AvgIpc) is 2.92. The first-order valence-electron chi connectivity index (χ1n) is 12.1. The number of piperazine rings is 1. The summed E-state index contributed by atoms with van der Waals surface area (Å²) in [7, 11) is 0. The molecule has 0 unspecified atom stereocenters. The molecule has 17 heteroatoms. The SMILES string of the molecule is O=C(C[C@@H]1CN(c2cc(C(F)(F)F)c(=O)[nH]n2)c2cc(Cl)ccc2O1)N1CCN(c2cnc(C(F)(F)F)cn2)CC1. The van der Waals surface area contributed by atoms with Crippen LogP contribution in [0.4, 0.5) is 43.7 Å². The normalized spacial score (nSPS) is 17.7. The summed E-state index contributed by atoms with van der Waals surface area (Å²) in [5, 5.41) is 5.93. The van der Waals surface area contributed by atoms with Gasteiger partial charge in [0, 0.05) is 37.3 Å². The van der Waals surface area contributed by atoms with Gasteiger partial charge in [0.25, 0.3) is 5.56 Å². The Morgan fingerprint density at radius 1 is 1.00 bits per heavy atom. The van der Waals surface area contributed by atoms with Gasteiger partial charge in [0.1, 0.15) is 23.2 Å². The summed E-state index contributed by atoms with van der Waals surface area (Å²) in [6.45, 7) is 1.02. The molecule has 218 valence electrons. The number of aromatic nitrogens is 4. The fourth-order valence-corrected chi connectivity index (χ4v) is 4.69. The van der Waals surface area contributed by atoms with E-state index >= 15 is 0 Å². The number of hydrogen-bond acceptors (Lipinski definition) is 8. The number of nitrogens with one attached hydrogen (secondary N) is 1. The first-order chi connectivity index (χ1) is 19.3. The van der Waals surface area contributed by atoms with Gasteiger partial charge in [-0.2, -0.15) is 31.4 Å². The van der Waals surface area contributed by atoms with Crippen LogP contribution in [0.2, 0.25) is 5.02 Å². The van der Waals surface area contributed by atoms with Crippen LogP contribution in [0.5, 0.6) is 5.75 Å². The summed E-state index contributed by atoms with van der Waals surface area (Å²) < 4.78 is 84.4. The van der Waals surface area contributed by atoms with Gasteiger partial charge < -0.3 is 19.4 Å². The molecule has 1 saturated heterocycles. The van der Waals surface area contributed by atoms with E-state index in [9.17, 15) is 35.9 Å². The molecule has 2 aromatic heterocycles. The van der Waals surface area contributed by atoms with Crippen molar-refractivity contribution in [2.24, 2.45) is 0 Å². The lowest BCUT2D eigenvalue weighted by Gasteiger charge is -2.38. The van der Waals surface area contributed by atoms with Crippen LogP contribution in [0, 0.1) is 0 Å². The van der Waals surface area contributed by atoms with Crippen LogP contribution in [0.15, 0.2) is 41.5 Å². The second-order valence-corrected chi connectivity index (χ2v) is 9.70. The third kappa shape index (κ3) is 6.16. The molecule has 0 aliphatic carbocycles. The largest absolute Gasteiger partial charge is 0.486 e. The minimum atomic E-state index is -4.92. The van der Waals surface area contributed by atoms with E-state index < -0.39 is 35.3 Å². The lowest BCUT2D eigenvalue weighted by Crippen LogP contribution is -2.50. The van der Waals surface area contributed by atoms with Crippen LogP contribution in [0.1, 0.15) is 17.7 Å². The summed E-state index contributed by atoms with van der Waals surface area (Å²) in [5.41, 5.74) is -3.62. The maximum absolute atomic E-state index is 13.4. The number of H-pyrrole nitrogens is 1. The molecule has 10 nitrogen and oxygen atoms in total. The lowest BCUT2D eigenvalue weighted by molar-refractivity contribution is -0.141. The Morgan fingerprint density at radius 2 is 1.73 bits per heavy atom. The number of anilines is 3. The van der Waals surface area contributed by atoms with E-state index in [2.05, 4.69) is 15.1 Å². The highest BCUT2D eigenvalue weighted by Gasteiger charge is 2.37. The highest BCUT2D eigenvalue weighted by Crippen LogP contribution is 2.40. The molecule has 41 heavy (non-hydrogen) atoms. The Balaban J connectivity index is 1.28. The molecule has 1 fully saturated rings. The van der Waals surface area contributed by atoms with Gasteiger partial charge in [-0.1, -0.05) is 11.6 Å². The van der Waals surface area contributed by atoms with E-state index in [1.807, 2.05) is 5.10 Å². The zero-order valence-corrected chi connectivity index (χ0v) is 21.6. The standard InChI is InChI=1S/C24H20ClF6N7O3/c25-13-1-2-17-16(7-13)38(19-9-15(23(26,27)28)22(40)35-34-19)12-14(41-17)8-21(39)37-5-3-36(4-6-37)20-11-32-18(10-33-20)24(29,30)31/h1-2,7,9-11,14H,3-6,8,12H2,(H,35,40)/t14-/m1/s1. The van der Waals surface area contributed by atoms with Crippen molar-refractivity contribution >= 4 is 34.8 Å². The number of alkyl halides is 6. The number of rotatable bonds is 4. The van der Waals surface area contributed by atoms with Crippen molar-refractivity contribution in [1.82, 2.24) is 25.1 Å². The minimum absolute atomic E-state index is 0.0729. The van der Waals surface area contributed by atoms with Crippen LogP contribution >= 0.6 is 11.6 Å². The molecule has 0 saturated carbocycles. The summed E-state index contributed by atoms with van der Waals surface area (Å²) in [5.74, 6) is -0.00709. The van der Waals surface area contributed by atoms with Crippen LogP contribution in [0.3, 0.4) is 0 Å². The van der Waals surface area contributed by atoms with Gasteiger partial charge >= 0.3 is 12.4 Å². The van der Waals surface area contributed by atoms with E-state index in [4.69, 9.17) is 16.3 Å². The highest BCUT2D eigenvalue weighted by molar-refractivity contribution is 6.31. The minimum Gasteiger partial charge on any atom is -0.486 e. The highest BCUT2D eigenvalue weighted by atomic mass is 35.5. The number of fused-ring (bicyclic) bond motifs is 1. The van der Waals surface area contributed by atoms with Crippen LogP contribution < -0.4 is 20.1 Å². The summed E-state index contributed by atoms with van der Waals surface area (Å²) in [4.78, 5) is 36.8. The van der Waals surface area contributed by atoms with Crippen molar-refractivity contribution in [1.29, 1.82) is 0 Å². The molecule has 1 atom stereocenters. The molecule has 0 spiro atoms. The molecule has 2 aliphatic heterocycles. The summed E-state index contributed by atoms with van der Waals surface area (Å²) in [6.07, 6.45) is -8.76. The molecule has 0 radical (unpaired) electrons. The number of halogens is 7. The van der Waals surface area contributed by atoms with Crippen LogP contribution in [-0.4, -0.2) is 69.8 Å². The Hall–Kier alpha value is -4.08. The average molecular weight is 604 g/mol. The molecule has 2 aliphatic rings. The smallest absolute Gasteiger partial charge is 0.434 e. The zero-order chi connectivity index (χ0) is 29.5. The second-order valence-electron chi connectivity index (χ2n) is 9.26. The Labute approximate surface area is 232 Å². The van der Waals surface area contributed by atoms with Crippen molar-refractivity contribution in [2.75, 3.05) is 42.5 Å². The van der Waals surface area contributed by atoms with E-state index in [1.165, 1.54) is 23.1 Å². The van der Waals surface area contributed by atoms with Gasteiger partial charge in [-0.15, -0.1) is 0 Å². The maximum atomic E-state index is 13.4. The summed E-state index contributed by atoms with van der Waals surface area (Å²) >= 11 is 6.10. The number of aromatic amines is 1. The number of nitrogens with zero attached hydrogens (tertiary/aromatic N) is 6. The molecule has 0 bridgehead atoms. The van der Waals surface area contributed by atoms with Gasteiger partial charge in [0.15, 0.2) is 11.5 Å². The van der Waals surface area contributed by atoms with Gasteiger partial charge in [0.2, 0.25) is 5.91 Å². The number of benzene rings is 1. The molecule has 3 aromatic rings. The fourth-order valence-electron chi connectivity index (χ4n) is 4.53. The quantitative estimate of drug-likeness (QED) is 0.448. The van der Waals surface area contributed by atoms with Gasteiger partial charge in [-0.3, -0.25) is 9.59 Å². The number of carbonyl (C=O) groups excluding carboxylic acids is 1. The van der Waals surface area contributed by atoms with Crippen molar-refractivity contribution in [3.05, 3.63) is 63.3 Å². The van der Waals surface area contributed by atoms with Crippen molar-refractivity contribution in [2.45, 2.75) is 24.9 Å². The molecular weight excluding hydrogens is 584 g/mol. The fraction of sp³-hybridized carbons (Fsp3) is 0.375. The number of hydrogen-bond donors (Lipinski definition) is 1. The van der Waals surface area contributed by atoms with Crippen molar-refractivity contribution in [3.63, 3.8) is 0 Å². The Bertz CT molecular complexity index is 1490. The number of carbonyl (C=O) groups is 1. The molecule has 4 heterocycles. The van der Waals surface area contributed by atoms with Crippen molar-refractivity contribution < 1.29 is 35.9 Å². The van der Waals surface area contributed by atoms with Crippen LogP contribution in [0.25, 0.3) is 0 Å². The third-order valence-electron chi connectivity index (χ3n) is 6.55. The van der Waals surface area contributed by atoms with Crippen molar-refractivity contribution in [3.8, 4) is 5.75 Å². The lowest BCUT2D eigenvalue weighted by atomic mass is 10.1. The predicted octanol–water partition coefficient (Wildman–Crippen LogP) is 3.89. The third-order valence-corrected chi connectivity index (χ3v) is 6.79. The first-order valence-corrected chi connectivity index (χ1v) is 12.5. The van der Waals surface area contributed by atoms with Gasteiger partial charge in [0.05, 0.1) is 31.0 Å². The topological polar surface area (TPSA) is 108 Å². The van der Waals surface area contributed by atoms with E-state index in [0.717, 1.165) is 6.20 Å². The van der Waals surface area contributed by atoms with Gasteiger partial charge in [-0.25, -0.2) is 15.1 Å². The molecule has 1 aromatic carbocycles. The summed E-state index contributed by atoms with van der Waals surface area (Å²) in [6, 6.07) is 5.13. The molecule has 1 N–H and O–H groups in total. The second kappa shape index (κ2) is 10.7. The molecule has 5 rings (SSSR count). The van der Waals surface area contributed by atoms with Crippen LogP contribution in [-0.2, 0) is 17.1 Å². The number of ether oxygens (including phenoxy) is 1. The molecular formula is C24H20ClF6N7O3. The predicted molar refractivity (Wildman–Crippen MR) is 133 cm³/mol. The zero-order valence-electron chi connectivity index (χ0n) is 20.8. The number of amides is 1. The Morgan fingerprint density at radius 3 is 2.37 bits per heavy atom. The monoisotopic (exact) mass is 603 g/mol.